The average Bonchev–Trinajstić information content (AvgIpc) is 2.97. The normalized spacial score (nSPS) is 23.4. The summed E-state index contributed by atoms with van der Waals surface area (Å²) in [5.41, 5.74) is 1.43. The lowest BCUT2D eigenvalue weighted by Gasteiger charge is -2.41. The zero-order chi connectivity index (χ0) is 19.9. The van der Waals surface area contributed by atoms with Crippen molar-refractivity contribution in [1.29, 1.82) is 0 Å². The molecule has 148 valence electrons. The van der Waals surface area contributed by atoms with Gasteiger partial charge in [0.15, 0.2) is 0 Å². The SMILES string of the molecule is COc1cccc(C(=O)N2CC[C@H]3[C@@H](C2)CC(C)(C)N3c2ccc(F)cc2)n1. The van der Waals surface area contributed by atoms with Gasteiger partial charge in [0.1, 0.15) is 11.5 Å². The fraction of sp³-hybridized carbons (Fsp3) is 0.455. The summed E-state index contributed by atoms with van der Waals surface area (Å²) in [6.07, 6.45) is 1.88. The number of hydrogen-bond acceptors (Lipinski definition) is 4. The van der Waals surface area contributed by atoms with E-state index in [4.69, 9.17) is 4.74 Å². The van der Waals surface area contributed by atoms with Gasteiger partial charge < -0.3 is 14.5 Å². The highest BCUT2D eigenvalue weighted by Crippen LogP contribution is 2.44. The second kappa shape index (κ2) is 7.08. The van der Waals surface area contributed by atoms with E-state index in [2.05, 4.69) is 23.7 Å². The molecule has 1 aromatic carbocycles. The number of likely N-dealkylation sites (tertiary alicyclic amines) is 1. The number of carbonyl (C=O) groups excluding carboxylic acids is 1. The number of pyridine rings is 1. The van der Waals surface area contributed by atoms with Crippen molar-refractivity contribution in [1.82, 2.24) is 9.88 Å². The zero-order valence-corrected chi connectivity index (χ0v) is 16.6. The number of rotatable bonds is 3. The molecule has 0 N–H and O–H groups in total. The van der Waals surface area contributed by atoms with Gasteiger partial charge in [-0.1, -0.05) is 6.07 Å². The zero-order valence-electron chi connectivity index (χ0n) is 16.6. The molecule has 2 aliphatic heterocycles. The Balaban J connectivity index is 1.53. The summed E-state index contributed by atoms with van der Waals surface area (Å²) in [5, 5.41) is 0. The Hall–Kier alpha value is -2.63. The minimum absolute atomic E-state index is 0.0412. The lowest BCUT2D eigenvalue weighted by Crippen LogP contribution is -2.50. The molecule has 2 saturated heterocycles. The Labute approximate surface area is 165 Å². The first-order valence-electron chi connectivity index (χ1n) is 9.74. The van der Waals surface area contributed by atoms with E-state index in [1.165, 1.54) is 12.1 Å². The minimum atomic E-state index is -0.219. The third kappa shape index (κ3) is 3.32. The summed E-state index contributed by atoms with van der Waals surface area (Å²) in [5.74, 6) is 0.562. The largest absolute Gasteiger partial charge is 0.481 e. The van der Waals surface area contributed by atoms with Gasteiger partial charge in [0.2, 0.25) is 5.88 Å². The molecule has 2 aliphatic rings. The first kappa shape index (κ1) is 18.7. The molecule has 0 saturated carbocycles. The Morgan fingerprint density at radius 3 is 2.68 bits per heavy atom. The number of carbonyl (C=O) groups is 1. The molecule has 1 amide bonds. The Bertz CT molecular complexity index is 868. The van der Waals surface area contributed by atoms with E-state index in [0.717, 1.165) is 18.5 Å². The number of amides is 1. The average molecular weight is 383 g/mol. The lowest BCUT2D eigenvalue weighted by molar-refractivity contribution is 0.0660. The van der Waals surface area contributed by atoms with Gasteiger partial charge in [0.05, 0.1) is 7.11 Å². The summed E-state index contributed by atoms with van der Waals surface area (Å²) >= 11 is 0. The molecule has 0 unspecified atom stereocenters. The molecule has 0 spiro atoms. The van der Waals surface area contributed by atoms with Crippen molar-refractivity contribution in [2.75, 3.05) is 25.1 Å². The number of benzene rings is 1. The van der Waals surface area contributed by atoms with E-state index in [-0.39, 0.29) is 17.3 Å². The van der Waals surface area contributed by atoms with Gasteiger partial charge >= 0.3 is 0 Å². The minimum Gasteiger partial charge on any atom is -0.481 e. The standard InChI is InChI=1S/C22H26FN3O2/c1-22(2)13-15-14-25(21(27)18-5-4-6-20(24-18)28-3)12-11-19(15)26(22)17-9-7-16(23)8-10-17/h4-10,15,19H,11-14H2,1-3H3/t15-,19+/m1/s1. The number of halogens is 1. The van der Waals surface area contributed by atoms with Crippen LogP contribution in [0.4, 0.5) is 10.1 Å². The molecule has 3 heterocycles. The second-order valence-electron chi connectivity index (χ2n) is 8.30. The first-order chi connectivity index (χ1) is 13.4. The highest BCUT2D eigenvalue weighted by Gasteiger charge is 2.48. The van der Waals surface area contributed by atoms with Gasteiger partial charge in [-0.25, -0.2) is 9.37 Å². The van der Waals surface area contributed by atoms with E-state index in [0.29, 0.717) is 36.6 Å². The van der Waals surface area contributed by atoms with Crippen molar-refractivity contribution in [2.24, 2.45) is 5.92 Å². The number of fused-ring (bicyclic) bond motifs is 1. The molecule has 2 atom stereocenters. The molecular formula is C22H26FN3O2. The van der Waals surface area contributed by atoms with Crippen molar-refractivity contribution in [3.05, 3.63) is 54.0 Å². The van der Waals surface area contributed by atoms with Crippen LogP contribution < -0.4 is 9.64 Å². The summed E-state index contributed by atoms with van der Waals surface area (Å²) < 4.78 is 18.5. The van der Waals surface area contributed by atoms with Crippen LogP contribution in [-0.2, 0) is 0 Å². The van der Waals surface area contributed by atoms with Crippen LogP contribution in [0.25, 0.3) is 0 Å². The Kier molecular flexibility index (Phi) is 4.73. The van der Waals surface area contributed by atoms with Crippen LogP contribution in [0, 0.1) is 11.7 Å². The predicted molar refractivity (Wildman–Crippen MR) is 106 cm³/mol. The van der Waals surface area contributed by atoms with Crippen molar-refractivity contribution >= 4 is 11.6 Å². The highest BCUT2D eigenvalue weighted by molar-refractivity contribution is 5.92. The van der Waals surface area contributed by atoms with E-state index in [9.17, 15) is 9.18 Å². The molecule has 2 fully saturated rings. The van der Waals surface area contributed by atoms with Crippen LogP contribution in [0.3, 0.4) is 0 Å². The number of methoxy groups -OCH3 is 1. The maximum atomic E-state index is 13.4. The van der Waals surface area contributed by atoms with Crippen LogP contribution >= 0.6 is 0 Å². The summed E-state index contributed by atoms with van der Waals surface area (Å²) in [4.78, 5) is 21.6. The lowest BCUT2D eigenvalue weighted by atomic mass is 9.89. The van der Waals surface area contributed by atoms with E-state index in [1.54, 1.807) is 25.3 Å². The monoisotopic (exact) mass is 383 g/mol. The fourth-order valence-electron chi connectivity index (χ4n) is 4.89. The van der Waals surface area contributed by atoms with E-state index < -0.39 is 0 Å². The van der Waals surface area contributed by atoms with E-state index in [1.807, 2.05) is 17.0 Å². The third-order valence-corrected chi connectivity index (χ3v) is 5.98. The van der Waals surface area contributed by atoms with Gasteiger partial charge in [0.25, 0.3) is 5.91 Å². The molecular weight excluding hydrogens is 357 g/mol. The first-order valence-corrected chi connectivity index (χ1v) is 9.74. The van der Waals surface area contributed by atoms with Gasteiger partial charge in [0, 0.05) is 36.4 Å². The van der Waals surface area contributed by atoms with E-state index >= 15 is 0 Å². The molecule has 6 heteroatoms. The topological polar surface area (TPSA) is 45.7 Å². The summed E-state index contributed by atoms with van der Waals surface area (Å²) in [6, 6.07) is 12.4. The van der Waals surface area contributed by atoms with Crippen molar-refractivity contribution < 1.29 is 13.9 Å². The van der Waals surface area contributed by atoms with Crippen LogP contribution in [0.5, 0.6) is 5.88 Å². The third-order valence-electron chi connectivity index (χ3n) is 5.98. The number of aromatic nitrogens is 1. The molecule has 4 rings (SSSR count). The number of anilines is 1. The van der Waals surface area contributed by atoms with Crippen LogP contribution in [0.1, 0.15) is 37.2 Å². The van der Waals surface area contributed by atoms with Crippen molar-refractivity contribution in [2.45, 2.75) is 38.3 Å². The Morgan fingerprint density at radius 2 is 1.96 bits per heavy atom. The second-order valence-corrected chi connectivity index (χ2v) is 8.30. The maximum Gasteiger partial charge on any atom is 0.272 e. The summed E-state index contributed by atoms with van der Waals surface area (Å²) in [6.45, 7) is 5.85. The molecule has 1 aromatic heterocycles. The fourth-order valence-corrected chi connectivity index (χ4v) is 4.89. The van der Waals surface area contributed by atoms with Crippen LogP contribution in [0.2, 0.25) is 0 Å². The highest BCUT2D eigenvalue weighted by atomic mass is 19.1. The number of piperidine rings is 1. The smallest absolute Gasteiger partial charge is 0.272 e. The quantitative estimate of drug-likeness (QED) is 0.810. The molecule has 0 aliphatic carbocycles. The summed E-state index contributed by atoms with van der Waals surface area (Å²) in [7, 11) is 1.55. The number of hydrogen-bond donors (Lipinski definition) is 0. The molecule has 0 bridgehead atoms. The number of nitrogens with zero attached hydrogens (tertiary/aromatic N) is 3. The Morgan fingerprint density at radius 1 is 1.21 bits per heavy atom. The van der Waals surface area contributed by atoms with Crippen molar-refractivity contribution in [3.8, 4) is 5.88 Å². The predicted octanol–water partition coefficient (Wildman–Crippen LogP) is 3.75. The maximum absolute atomic E-state index is 13.4. The molecule has 5 nitrogen and oxygen atoms in total. The molecule has 28 heavy (non-hydrogen) atoms. The van der Waals surface area contributed by atoms with Gasteiger partial charge in [-0.05, 0) is 62.9 Å². The van der Waals surface area contributed by atoms with Crippen LogP contribution in [-0.4, -0.2) is 47.6 Å². The van der Waals surface area contributed by atoms with Gasteiger partial charge in [-0.3, -0.25) is 4.79 Å². The molecule has 0 radical (unpaired) electrons. The van der Waals surface area contributed by atoms with Crippen molar-refractivity contribution in [3.63, 3.8) is 0 Å². The number of ether oxygens (including phenoxy) is 1. The van der Waals surface area contributed by atoms with Gasteiger partial charge in [-0.15, -0.1) is 0 Å². The molecule has 2 aromatic rings. The van der Waals surface area contributed by atoms with Crippen LogP contribution in [0.15, 0.2) is 42.5 Å². The van der Waals surface area contributed by atoms with Gasteiger partial charge in [-0.2, -0.15) is 0 Å².